The van der Waals surface area contributed by atoms with Crippen molar-refractivity contribution in [2.75, 3.05) is 48.5 Å². The molecule has 6 rings (SSSR count). The minimum atomic E-state index is -4.22. The monoisotopic (exact) mass is 543 g/mol. The van der Waals surface area contributed by atoms with Crippen molar-refractivity contribution in [1.82, 2.24) is 9.88 Å². The van der Waals surface area contributed by atoms with E-state index in [-0.39, 0.29) is 23.8 Å². The number of pyridine rings is 1. The standard InChI is InChI=1S/C29H36F3N5O2/c1-35(26(19-4-5-19)29(30,31)32)22-8-6-20(7-9-22)28(38)37-18-21-3-2-12-33-27(21)34-24-11-10-23(17-25(24)37)36-13-15-39-16-14-36/h2-3,10-12,17,19-20,22,26H,4-9,13-16,18H2,1H3,(H,33,34)/t20-,22-,26?. The van der Waals surface area contributed by atoms with Crippen LogP contribution in [-0.4, -0.2) is 67.4 Å². The fourth-order valence-electron chi connectivity index (χ4n) is 6.55. The minimum Gasteiger partial charge on any atom is -0.378 e. The van der Waals surface area contributed by atoms with Gasteiger partial charge in [0, 0.05) is 42.5 Å². The molecule has 0 radical (unpaired) electrons. The summed E-state index contributed by atoms with van der Waals surface area (Å²) in [5.74, 6) is 0.254. The first-order valence-corrected chi connectivity index (χ1v) is 14.1. The lowest BCUT2D eigenvalue weighted by Crippen LogP contribution is -2.51. The Bertz CT molecular complexity index is 1190. The molecule has 1 amide bonds. The number of nitrogens with zero attached hydrogens (tertiary/aromatic N) is 4. The average Bonchev–Trinajstić information content (AvgIpc) is 3.78. The summed E-state index contributed by atoms with van der Waals surface area (Å²) in [6.45, 7) is 3.31. The summed E-state index contributed by atoms with van der Waals surface area (Å²) >= 11 is 0. The van der Waals surface area contributed by atoms with E-state index < -0.39 is 12.2 Å². The van der Waals surface area contributed by atoms with E-state index in [1.807, 2.05) is 23.1 Å². The zero-order valence-corrected chi connectivity index (χ0v) is 22.3. The van der Waals surface area contributed by atoms with Crippen molar-refractivity contribution in [2.45, 2.75) is 63.3 Å². The van der Waals surface area contributed by atoms with Gasteiger partial charge in [-0.1, -0.05) is 6.07 Å². The molecule has 3 heterocycles. The van der Waals surface area contributed by atoms with Crippen molar-refractivity contribution in [3.8, 4) is 0 Å². The van der Waals surface area contributed by atoms with Crippen LogP contribution in [-0.2, 0) is 16.1 Å². The normalized spacial score (nSPS) is 24.4. The zero-order valence-electron chi connectivity index (χ0n) is 22.3. The highest BCUT2D eigenvalue weighted by Gasteiger charge is 2.52. The van der Waals surface area contributed by atoms with Crippen molar-refractivity contribution in [2.24, 2.45) is 11.8 Å². The van der Waals surface area contributed by atoms with E-state index in [0.29, 0.717) is 58.3 Å². The molecule has 2 aromatic rings. The molecule has 2 saturated carbocycles. The molecule has 1 atom stereocenters. The number of hydrogen-bond donors (Lipinski definition) is 1. The van der Waals surface area contributed by atoms with E-state index in [1.54, 1.807) is 18.1 Å². The molecular weight excluding hydrogens is 507 g/mol. The Labute approximate surface area is 227 Å². The Balaban J connectivity index is 1.22. The number of nitrogens with one attached hydrogen (secondary N) is 1. The summed E-state index contributed by atoms with van der Waals surface area (Å²) in [5, 5.41) is 3.42. The number of fused-ring (bicyclic) bond motifs is 2. The second-order valence-electron chi connectivity index (χ2n) is 11.4. The maximum atomic E-state index is 14.1. The third-order valence-electron chi connectivity index (χ3n) is 8.85. The summed E-state index contributed by atoms with van der Waals surface area (Å²) < 4.78 is 46.9. The maximum Gasteiger partial charge on any atom is 0.404 e. The highest BCUT2D eigenvalue weighted by Crippen LogP contribution is 2.45. The number of ether oxygens (including phenoxy) is 1. The summed E-state index contributed by atoms with van der Waals surface area (Å²) in [4.78, 5) is 24.3. The third kappa shape index (κ3) is 5.45. The fraction of sp³-hybridized carbons (Fsp3) is 0.586. The van der Waals surface area contributed by atoms with Gasteiger partial charge in [0.2, 0.25) is 5.91 Å². The highest BCUT2D eigenvalue weighted by atomic mass is 19.4. The Kier molecular flexibility index (Phi) is 7.18. The van der Waals surface area contributed by atoms with Crippen LogP contribution >= 0.6 is 0 Å². The molecule has 7 nitrogen and oxygen atoms in total. The van der Waals surface area contributed by atoms with E-state index in [0.717, 1.165) is 41.5 Å². The quantitative estimate of drug-likeness (QED) is 0.550. The number of aromatic nitrogens is 1. The summed E-state index contributed by atoms with van der Waals surface area (Å²) in [5.41, 5.74) is 3.61. The number of anilines is 4. The van der Waals surface area contributed by atoms with Crippen LogP contribution in [0.3, 0.4) is 0 Å². The van der Waals surface area contributed by atoms with Crippen molar-refractivity contribution >= 4 is 28.8 Å². The van der Waals surface area contributed by atoms with Crippen molar-refractivity contribution in [1.29, 1.82) is 0 Å². The topological polar surface area (TPSA) is 60.9 Å². The Hall–Kier alpha value is -2.85. The van der Waals surface area contributed by atoms with Crippen LogP contribution in [0.25, 0.3) is 0 Å². The van der Waals surface area contributed by atoms with Gasteiger partial charge in [-0.2, -0.15) is 13.2 Å². The van der Waals surface area contributed by atoms with E-state index in [2.05, 4.69) is 27.3 Å². The lowest BCUT2D eigenvalue weighted by Gasteiger charge is -2.40. The van der Waals surface area contributed by atoms with Crippen LogP contribution in [0.1, 0.15) is 44.1 Å². The van der Waals surface area contributed by atoms with Crippen LogP contribution in [0, 0.1) is 11.8 Å². The Morgan fingerprint density at radius 2 is 1.85 bits per heavy atom. The SMILES string of the molecule is CN(C(C1CC1)C(F)(F)F)[C@H]1CC[C@H](C(=O)N2Cc3cccnc3Nc3ccc(N4CCOCC4)cc32)CC1. The first-order valence-electron chi connectivity index (χ1n) is 14.1. The van der Waals surface area contributed by atoms with Crippen LogP contribution < -0.4 is 15.1 Å². The molecule has 2 aliphatic heterocycles. The number of morpholine rings is 1. The minimum absolute atomic E-state index is 0.0320. The van der Waals surface area contributed by atoms with Gasteiger partial charge < -0.3 is 19.9 Å². The largest absolute Gasteiger partial charge is 0.404 e. The third-order valence-corrected chi connectivity index (χ3v) is 8.85. The van der Waals surface area contributed by atoms with Crippen LogP contribution in [0.5, 0.6) is 0 Å². The number of carbonyl (C=O) groups is 1. The Morgan fingerprint density at radius 3 is 2.54 bits per heavy atom. The van der Waals surface area contributed by atoms with Gasteiger partial charge in [0.25, 0.3) is 0 Å². The van der Waals surface area contributed by atoms with E-state index in [9.17, 15) is 18.0 Å². The first-order chi connectivity index (χ1) is 18.8. The van der Waals surface area contributed by atoms with Gasteiger partial charge in [-0.25, -0.2) is 4.98 Å². The molecule has 4 aliphatic rings. The van der Waals surface area contributed by atoms with Gasteiger partial charge in [-0.3, -0.25) is 9.69 Å². The molecule has 1 N–H and O–H groups in total. The van der Waals surface area contributed by atoms with Crippen LogP contribution in [0.4, 0.5) is 36.1 Å². The molecule has 10 heteroatoms. The molecule has 1 aromatic carbocycles. The smallest absolute Gasteiger partial charge is 0.378 e. The number of carbonyl (C=O) groups excluding carboxylic acids is 1. The summed E-state index contributed by atoms with van der Waals surface area (Å²) in [6, 6.07) is 8.46. The number of rotatable bonds is 5. The molecule has 0 spiro atoms. The molecule has 39 heavy (non-hydrogen) atoms. The summed E-state index contributed by atoms with van der Waals surface area (Å²) in [6.07, 6.45) is 1.18. The predicted molar refractivity (Wildman–Crippen MR) is 144 cm³/mol. The van der Waals surface area contributed by atoms with E-state index in [4.69, 9.17) is 4.74 Å². The molecular formula is C29H36F3N5O2. The molecule has 1 saturated heterocycles. The average molecular weight is 544 g/mol. The van der Waals surface area contributed by atoms with Gasteiger partial charge in [-0.05, 0) is 75.8 Å². The molecule has 2 aliphatic carbocycles. The lowest BCUT2D eigenvalue weighted by atomic mass is 9.83. The molecule has 3 fully saturated rings. The molecule has 210 valence electrons. The number of amides is 1. The van der Waals surface area contributed by atoms with E-state index in [1.165, 1.54) is 0 Å². The number of hydrogen-bond acceptors (Lipinski definition) is 6. The second kappa shape index (κ2) is 10.6. The number of alkyl halides is 3. The molecule has 1 unspecified atom stereocenters. The van der Waals surface area contributed by atoms with Gasteiger partial charge >= 0.3 is 6.18 Å². The molecule has 1 aromatic heterocycles. The number of benzene rings is 1. The second-order valence-corrected chi connectivity index (χ2v) is 11.4. The fourth-order valence-corrected chi connectivity index (χ4v) is 6.55. The maximum absolute atomic E-state index is 14.1. The molecule has 0 bridgehead atoms. The first kappa shape index (κ1) is 26.4. The van der Waals surface area contributed by atoms with Crippen molar-refractivity contribution in [3.63, 3.8) is 0 Å². The lowest BCUT2D eigenvalue weighted by molar-refractivity contribution is -0.193. The van der Waals surface area contributed by atoms with Crippen LogP contribution in [0.2, 0.25) is 0 Å². The predicted octanol–water partition coefficient (Wildman–Crippen LogP) is 5.34. The van der Waals surface area contributed by atoms with Gasteiger partial charge in [0.1, 0.15) is 11.9 Å². The van der Waals surface area contributed by atoms with Gasteiger partial charge in [0.15, 0.2) is 0 Å². The van der Waals surface area contributed by atoms with Crippen molar-refractivity contribution in [3.05, 3.63) is 42.1 Å². The number of halogens is 3. The van der Waals surface area contributed by atoms with Crippen molar-refractivity contribution < 1.29 is 22.7 Å². The van der Waals surface area contributed by atoms with E-state index >= 15 is 0 Å². The van der Waals surface area contributed by atoms with Gasteiger partial charge in [-0.15, -0.1) is 0 Å². The summed E-state index contributed by atoms with van der Waals surface area (Å²) in [7, 11) is 1.62. The Morgan fingerprint density at radius 1 is 1.10 bits per heavy atom. The van der Waals surface area contributed by atoms with Gasteiger partial charge in [0.05, 0.1) is 31.1 Å². The highest BCUT2D eigenvalue weighted by molar-refractivity contribution is 6.00. The zero-order chi connectivity index (χ0) is 27.1. The van der Waals surface area contributed by atoms with Crippen LogP contribution in [0.15, 0.2) is 36.5 Å².